The third-order valence-electron chi connectivity index (χ3n) is 24.4. The summed E-state index contributed by atoms with van der Waals surface area (Å²) >= 11 is 0. The molecule has 0 atom stereocenters. The molecule has 272 valence electrons. The van der Waals surface area contributed by atoms with Crippen LogP contribution in [0.1, 0.15) is 33.7 Å². The fourth-order valence-corrected chi connectivity index (χ4v) is 24.3. The molecule has 1 heterocycles. The predicted molar refractivity (Wildman–Crippen MR) is 277 cm³/mol. The van der Waals surface area contributed by atoms with Crippen LogP contribution in [0.15, 0.2) is 23.0 Å². The van der Waals surface area contributed by atoms with E-state index in [1.54, 1.807) is 313 Å². The van der Waals surface area contributed by atoms with E-state index in [9.17, 15) is 0 Å². The van der Waals surface area contributed by atoms with Crippen LogP contribution in [-0.4, -0.2) is 0 Å². The van der Waals surface area contributed by atoms with Gasteiger partial charge in [-0.1, -0.05) is 0 Å². The Kier molecular flexibility index (Phi) is 1.89. The standard InChI is InChI=1S/C65H6O/c1-2-66-4-5(1)3-65-62-58-52-38-30-22-10-7-6-8-11(10)23-25-21-15(8)17-13-9(6)12-16-14(7)20-24(22)36(38)44-42-28(20)26(16)34-32-18(12)19(13)33-35-27(17)29(21)43-45-37(25)39(31(23)30)53(52)59(62)55(45)57-49(43)47(35)51-41(33)40(32)50-46(34)48(42)56(54(44)58)63(65)60(50)61(51)64(57)65/h1-2,4,62H,3H2. The van der Waals surface area contributed by atoms with E-state index < -0.39 is 0 Å². The van der Waals surface area contributed by atoms with Gasteiger partial charge >= 0.3 is 0 Å². The minimum Gasteiger partial charge on any atom is -0.472 e. The second kappa shape index (κ2) is 5.28. The van der Waals surface area contributed by atoms with Crippen molar-refractivity contribution in [3.05, 3.63) is 46.4 Å². The minimum atomic E-state index is -0.227. The molecule has 4 aliphatic carbocycles. The fraction of sp³-hybridized carbons (Fsp3) is 0.0462. The number of hydrogen-bond donors (Lipinski definition) is 0. The van der Waals surface area contributed by atoms with Gasteiger partial charge in [0.05, 0.1) is 12.5 Å². The quantitative estimate of drug-likeness (QED) is 0.159. The van der Waals surface area contributed by atoms with Crippen LogP contribution < -0.4 is 0 Å². The third kappa shape index (κ3) is 1.22. The van der Waals surface area contributed by atoms with Crippen molar-refractivity contribution in [2.45, 2.75) is 17.8 Å². The van der Waals surface area contributed by atoms with Crippen LogP contribution in [-0.2, 0) is 11.8 Å². The lowest BCUT2D eigenvalue weighted by molar-refractivity contribution is 0.468. The number of furan rings is 1. The van der Waals surface area contributed by atoms with Gasteiger partial charge in [-0.2, -0.15) is 0 Å². The Bertz CT molecular complexity index is 6940. The van der Waals surface area contributed by atoms with E-state index in [2.05, 4.69) is 12.3 Å². The molecule has 0 spiro atoms. The average molecular weight is 803 g/mol. The summed E-state index contributed by atoms with van der Waals surface area (Å²) in [6.07, 6.45) is 5.09. The van der Waals surface area contributed by atoms with E-state index in [1.165, 1.54) is 5.56 Å². The summed E-state index contributed by atoms with van der Waals surface area (Å²) in [4.78, 5) is 0. The van der Waals surface area contributed by atoms with Gasteiger partial charge in [0.25, 0.3) is 0 Å². The molecular formula is C65H6O. The topological polar surface area (TPSA) is 13.1 Å². The maximum absolute atomic E-state index is 6.16. The second-order valence-corrected chi connectivity index (χ2v) is 24.5. The van der Waals surface area contributed by atoms with Crippen molar-refractivity contribution in [3.8, 4) is 0 Å². The number of rotatable bonds is 2. The zero-order valence-electron chi connectivity index (χ0n) is 33.4. The third-order valence-corrected chi connectivity index (χ3v) is 24.4. The van der Waals surface area contributed by atoms with E-state index in [1.807, 2.05) is 6.26 Å². The molecule has 0 amide bonds. The summed E-state index contributed by atoms with van der Waals surface area (Å²) in [5.41, 5.74) is 8.11. The summed E-state index contributed by atoms with van der Waals surface area (Å²) in [6.45, 7) is 0. The van der Waals surface area contributed by atoms with E-state index in [0.29, 0.717) is 0 Å². The number of hydrogen-bond acceptors (Lipinski definition) is 1. The first kappa shape index (κ1) is 23.6. The predicted octanol–water partition coefficient (Wildman–Crippen LogP) is 18.0. The Morgan fingerprint density at radius 1 is 0.258 bits per heavy atom. The van der Waals surface area contributed by atoms with Crippen LogP contribution >= 0.6 is 0 Å². The van der Waals surface area contributed by atoms with E-state index in [0.717, 1.165) is 6.42 Å². The van der Waals surface area contributed by atoms with Crippen LogP contribution in [0.5, 0.6) is 0 Å². The van der Waals surface area contributed by atoms with Crippen molar-refractivity contribution in [3.63, 3.8) is 0 Å². The van der Waals surface area contributed by atoms with Crippen LogP contribution in [0.25, 0.3) is 291 Å². The molecule has 0 unspecified atom stereocenters. The Morgan fingerprint density at radius 3 is 0.682 bits per heavy atom. The maximum Gasteiger partial charge on any atom is 0.0934 e. The van der Waals surface area contributed by atoms with E-state index in [4.69, 9.17) is 4.42 Å². The zero-order chi connectivity index (χ0) is 38.7. The van der Waals surface area contributed by atoms with Gasteiger partial charge in [-0.05, 0) is 331 Å². The molecule has 1 heteroatoms. The normalized spacial score (nSPS) is 21.3. The summed E-state index contributed by atoms with van der Waals surface area (Å²) < 4.78 is 6.16. The molecule has 29 aromatic rings. The van der Waals surface area contributed by atoms with Crippen LogP contribution in [0, 0.1) is 0 Å². The Balaban J connectivity index is 1.24. The van der Waals surface area contributed by atoms with Gasteiger partial charge in [-0.15, -0.1) is 0 Å². The summed E-state index contributed by atoms with van der Waals surface area (Å²) in [5, 5.41) is 89.9. The smallest absolute Gasteiger partial charge is 0.0934 e. The molecule has 28 aromatic carbocycles. The first-order valence-electron chi connectivity index (χ1n) is 24.7. The molecule has 4 aliphatic rings. The van der Waals surface area contributed by atoms with Gasteiger partial charge < -0.3 is 4.42 Å². The highest BCUT2D eigenvalue weighted by Gasteiger charge is 2.63. The largest absolute Gasteiger partial charge is 0.472 e. The highest BCUT2D eigenvalue weighted by atomic mass is 16.3. The molecule has 0 saturated heterocycles. The molecule has 0 bridgehead atoms. The lowest BCUT2D eigenvalue weighted by Crippen LogP contribution is -2.39. The SMILES string of the molecule is c1cc(CC23c4c5c6c7c8c9c(c%10c%11c2c2c4c4c%12c5c5c6c6c8c8c%13c9c9c%10c%10c%11c%11c2c2c4c4c%12c%12c5c5c6c8c6c8c%13c9c9c%10c%10c%11c2c2c4c4c%12c5c6c5c8c9c%10c2c45)C73)co1. The van der Waals surface area contributed by atoms with Crippen LogP contribution in [0.3, 0.4) is 0 Å². The van der Waals surface area contributed by atoms with Gasteiger partial charge in [0, 0.05) is 11.3 Å². The Labute approximate surface area is 357 Å². The minimum absolute atomic E-state index is 0.227. The zero-order valence-corrected chi connectivity index (χ0v) is 33.4. The lowest BCUT2D eigenvalue weighted by Gasteiger charge is -2.45. The molecule has 0 aliphatic heterocycles. The summed E-state index contributed by atoms with van der Waals surface area (Å²) in [7, 11) is 0. The first-order valence-corrected chi connectivity index (χ1v) is 24.7. The Hall–Kier alpha value is -8.26. The molecule has 0 radical (unpaired) electrons. The van der Waals surface area contributed by atoms with Gasteiger partial charge in [-0.3, -0.25) is 0 Å². The van der Waals surface area contributed by atoms with Crippen molar-refractivity contribution in [1.82, 2.24) is 0 Å². The second-order valence-electron chi connectivity index (χ2n) is 24.5. The monoisotopic (exact) mass is 802 g/mol. The van der Waals surface area contributed by atoms with Gasteiger partial charge in [0.1, 0.15) is 0 Å². The molecule has 66 heavy (non-hydrogen) atoms. The number of benzene rings is 18. The molecule has 0 fully saturated rings. The average Bonchev–Trinajstić information content (AvgIpc) is 4.16. The van der Waals surface area contributed by atoms with Crippen molar-refractivity contribution in [2.24, 2.45) is 0 Å². The van der Waals surface area contributed by atoms with Crippen LogP contribution in [0.4, 0.5) is 0 Å². The fourth-order valence-electron chi connectivity index (χ4n) is 24.3. The molecule has 0 N–H and O–H groups in total. The maximum atomic E-state index is 6.16. The summed E-state index contributed by atoms with van der Waals surface area (Å²) in [6, 6.07) is 2.34. The highest BCUT2D eigenvalue weighted by molar-refractivity contribution is 6.82. The molecule has 1 aromatic heterocycles. The van der Waals surface area contributed by atoms with Crippen molar-refractivity contribution < 1.29 is 4.42 Å². The van der Waals surface area contributed by atoms with E-state index >= 15 is 0 Å². The van der Waals surface area contributed by atoms with Crippen molar-refractivity contribution in [1.29, 1.82) is 0 Å². The first-order chi connectivity index (χ1) is 32.9. The molecule has 0 saturated carbocycles. The van der Waals surface area contributed by atoms with Crippen LogP contribution in [0.2, 0.25) is 0 Å². The lowest BCUT2D eigenvalue weighted by atomic mass is 9.55. The molecule has 33 rings (SSSR count). The van der Waals surface area contributed by atoms with Gasteiger partial charge in [0.15, 0.2) is 0 Å². The van der Waals surface area contributed by atoms with Gasteiger partial charge in [-0.25, -0.2) is 0 Å². The highest BCUT2D eigenvalue weighted by Crippen LogP contribution is 2.83. The molecule has 1 nitrogen and oxygen atoms in total. The Morgan fingerprint density at radius 2 is 0.455 bits per heavy atom. The molecular weight excluding hydrogens is 797 g/mol. The van der Waals surface area contributed by atoms with E-state index in [-0.39, 0.29) is 11.3 Å². The van der Waals surface area contributed by atoms with Gasteiger partial charge in [0.2, 0.25) is 0 Å². The summed E-state index contributed by atoms with van der Waals surface area (Å²) in [5.74, 6) is 0.276. The van der Waals surface area contributed by atoms with Crippen molar-refractivity contribution >= 4 is 291 Å². The van der Waals surface area contributed by atoms with Crippen molar-refractivity contribution in [2.75, 3.05) is 0 Å².